The average Bonchev–Trinajstić information content (AvgIpc) is 2.04. The van der Waals surface area contributed by atoms with Crippen LogP contribution in [0.15, 0.2) is 24.3 Å². The average molecular weight is 182 g/mol. The normalized spacial score (nSPS) is 10.3. The molecule has 0 rings (SSSR count). The number of esters is 1. The summed E-state index contributed by atoms with van der Waals surface area (Å²) in [6, 6.07) is 0. The van der Waals surface area contributed by atoms with E-state index in [0.717, 1.165) is 24.8 Å². The molecule has 0 N–H and O–H groups in total. The third-order valence-corrected chi connectivity index (χ3v) is 1.66. The molecule has 0 aromatic rings. The minimum atomic E-state index is -0.221. The molecule has 13 heavy (non-hydrogen) atoms. The van der Waals surface area contributed by atoms with Crippen LogP contribution in [0, 0.1) is 0 Å². The van der Waals surface area contributed by atoms with Crippen molar-refractivity contribution in [1.82, 2.24) is 0 Å². The number of carbonyl (C=O) groups excluding carboxylic acids is 1. The number of ether oxygens (including phenoxy) is 1. The van der Waals surface area contributed by atoms with Crippen molar-refractivity contribution in [3.63, 3.8) is 0 Å². The summed E-state index contributed by atoms with van der Waals surface area (Å²) in [7, 11) is 0. The van der Waals surface area contributed by atoms with Crippen LogP contribution in [-0.2, 0) is 9.53 Å². The van der Waals surface area contributed by atoms with Gasteiger partial charge in [-0.3, -0.25) is 4.79 Å². The Bertz CT molecular complexity index is 192. The van der Waals surface area contributed by atoms with Gasteiger partial charge in [0.1, 0.15) is 0 Å². The zero-order valence-corrected chi connectivity index (χ0v) is 8.51. The van der Waals surface area contributed by atoms with Gasteiger partial charge in [-0.2, -0.15) is 0 Å². The van der Waals surface area contributed by atoms with Gasteiger partial charge in [0, 0.05) is 13.3 Å². The maximum absolute atomic E-state index is 10.4. The van der Waals surface area contributed by atoms with Gasteiger partial charge >= 0.3 is 5.97 Å². The first-order valence-corrected chi connectivity index (χ1v) is 4.58. The van der Waals surface area contributed by atoms with E-state index >= 15 is 0 Å². The van der Waals surface area contributed by atoms with E-state index in [-0.39, 0.29) is 5.97 Å². The molecule has 0 aromatic carbocycles. The quantitative estimate of drug-likeness (QED) is 0.466. The first-order valence-electron chi connectivity index (χ1n) is 4.58. The van der Waals surface area contributed by atoms with E-state index in [4.69, 9.17) is 4.74 Å². The monoisotopic (exact) mass is 182 g/mol. The predicted octanol–water partition coefficient (Wildman–Crippen LogP) is 2.85. The highest BCUT2D eigenvalue weighted by Gasteiger charge is 1.95. The fraction of sp³-hybridized carbons (Fsp3) is 0.545. The SMILES string of the molecule is C=C(CC/C=C\C)CCOC(C)=O. The number of carbonyl (C=O) groups is 1. The molecule has 0 amide bonds. The van der Waals surface area contributed by atoms with Gasteiger partial charge in [0.15, 0.2) is 0 Å². The van der Waals surface area contributed by atoms with Crippen LogP contribution in [0.3, 0.4) is 0 Å². The summed E-state index contributed by atoms with van der Waals surface area (Å²) in [5.41, 5.74) is 1.14. The maximum atomic E-state index is 10.4. The van der Waals surface area contributed by atoms with Crippen molar-refractivity contribution < 1.29 is 9.53 Å². The van der Waals surface area contributed by atoms with Gasteiger partial charge in [0.2, 0.25) is 0 Å². The minimum Gasteiger partial charge on any atom is -0.466 e. The third-order valence-electron chi connectivity index (χ3n) is 1.66. The molecule has 0 aliphatic heterocycles. The van der Waals surface area contributed by atoms with Crippen LogP contribution in [-0.4, -0.2) is 12.6 Å². The fourth-order valence-corrected chi connectivity index (χ4v) is 0.918. The van der Waals surface area contributed by atoms with E-state index < -0.39 is 0 Å². The summed E-state index contributed by atoms with van der Waals surface area (Å²) >= 11 is 0. The Morgan fingerprint density at radius 3 is 2.69 bits per heavy atom. The van der Waals surface area contributed by atoms with Gasteiger partial charge in [-0.1, -0.05) is 24.3 Å². The standard InChI is InChI=1S/C11H18O2/c1-4-5-6-7-10(2)8-9-13-11(3)12/h4-5H,2,6-9H2,1,3H3/b5-4-. The largest absolute Gasteiger partial charge is 0.466 e. The zero-order valence-electron chi connectivity index (χ0n) is 8.51. The lowest BCUT2D eigenvalue weighted by Crippen LogP contribution is -2.01. The Morgan fingerprint density at radius 1 is 1.46 bits per heavy atom. The van der Waals surface area contributed by atoms with Crippen molar-refractivity contribution in [2.75, 3.05) is 6.61 Å². The Kier molecular flexibility index (Phi) is 6.98. The van der Waals surface area contributed by atoms with Crippen molar-refractivity contribution in [2.45, 2.75) is 33.1 Å². The second kappa shape index (κ2) is 7.59. The predicted molar refractivity (Wildman–Crippen MR) is 54.4 cm³/mol. The number of hydrogen-bond acceptors (Lipinski definition) is 2. The second-order valence-corrected chi connectivity index (χ2v) is 2.95. The minimum absolute atomic E-state index is 0.221. The molecule has 0 unspecified atom stereocenters. The topological polar surface area (TPSA) is 26.3 Å². The fourth-order valence-electron chi connectivity index (χ4n) is 0.918. The lowest BCUT2D eigenvalue weighted by molar-refractivity contribution is -0.140. The van der Waals surface area contributed by atoms with Crippen LogP contribution >= 0.6 is 0 Å². The maximum Gasteiger partial charge on any atom is 0.302 e. The van der Waals surface area contributed by atoms with E-state index in [1.165, 1.54) is 6.92 Å². The molecule has 0 saturated carbocycles. The lowest BCUT2D eigenvalue weighted by Gasteiger charge is -2.03. The molecule has 0 atom stereocenters. The summed E-state index contributed by atoms with van der Waals surface area (Å²) in [6.07, 6.45) is 6.91. The van der Waals surface area contributed by atoms with Crippen molar-refractivity contribution in [2.24, 2.45) is 0 Å². The molecule has 0 aliphatic carbocycles. The Balaban J connectivity index is 3.35. The van der Waals surface area contributed by atoms with E-state index in [1.807, 2.05) is 13.0 Å². The van der Waals surface area contributed by atoms with E-state index in [2.05, 4.69) is 12.7 Å². The van der Waals surface area contributed by atoms with Crippen molar-refractivity contribution in [1.29, 1.82) is 0 Å². The molecule has 74 valence electrons. The van der Waals surface area contributed by atoms with Crippen LogP contribution in [0.1, 0.15) is 33.1 Å². The second-order valence-electron chi connectivity index (χ2n) is 2.95. The van der Waals surface area contributed by atoms with E-state index in [9.17, 15) is 4.79 Å². The molecule has 2 nitrogen and oxygen atoms in total. The van der Waals surface area contributed by atoms with Crippen LogP contribution < -0.4 is 0 Å². The molecule has 0 radical (unpaired) electrons. The summed E-state index contributed by atoms with van der Waals surface area (Å²) in [5, 5.41) is 0. The number of hydrogen-bond donors (Lipinski definition) is 0. The Morgan fingerprint density at radius 2 is 2.15 bits per heavy atom. The molecule has 0 fully saturated rings. The zero-order chi connectivity index (χ0) is 10.1. The molecule has 0 spiro atoms. The molecule has 0 heterocycles. The van der Waals surface area contributed by atoms with Crippen molar-refractivity contribution >= 4 is 5.97 Å². The molecule has 0 aromatic heterocycles. The number of allylic oxidation sites excluding steroid dienone is 2. The van der Waals surface area contributed by atoms with E-state index in [0.29, 0.717) is 6.61 Å². The first kappa shape index (κ1) is 11.9. The van der Waals surface area contributed by atoms with Crippen molar-refractivity contribution in [3.8, 4) is 0 Å². The summed E-state index contributed by atoms with van der Waals surface area (Å²) < 4.78 is 4.80. The highest BCUT2D eigenvalue weighted by molar-refractivity contribution is 5.65. The molecule has 0 saturated heterocycles. The van der Waals surface area contributed by atoms with Crippen LogP contribution in [0.25, 0.3) is 0 Å². The third kappa shape index (κ3) is 8.86. The Hall–Kier alpha value is -1.05. The highest BCUT2D eigenvalue weighted by atomic mass is 16.5. The van der Waals surface area contributed by atoms with E-state index in [1.54, 1.807) is 0 Å². The van der Waals surface area contributed by atoms with Crippen LogP contribution in [0.5, 0.6) is 0 Å². The summed E-state index contributed by atoms with van der Waals surface area (Å²) in [6.45, 7) is 7.78. The summed E-state index contributed by atoms with van der Waals surface area (Å²) in [4.78, 5) is 10.4. The highest BCUT2D eigenvalue weighted by Crippen LogP contribution is 2.07. The van der Waals surface area contributed by atoms with Crippen LogP contribution in [0.4, 0.5) is 0 Å². The first-order chi connectivity index (χ1) is 6.16. The molecule has 0 aliphatic rings. The smallest absolute Gasteiger partial charge is 0.302 e. The molecular weight excluding hydrogens is 164 g/mol. The van der Waals surface area contributed by atoms with Crippen molar-refractivity contribution in [3.05, 3.63) is 24.3 Å². The van der Waals surface area contributed by atoms with Crippen LogP contribution in [0.2, 0.25) is 0 Å². The molecular formula is C11H18O2. The summed E-state index contributed by atoms with van der Waals surface area (Å²) in [5.74, 6) is -0.221. The van der Waals surface area contributed by atoms with Gasteiger partial charge in [-0.15, -0.1) is 0 Å². The van der Waals surface area contributed by atoms with Gasteiger partial charge < -0.3 is 4.74 Å². The van der Waals surface area contributed by atoms with Gasteiger partial charge in [0.05, 0.1) is 6.61 Å². The molecule has 2 heteroatoms. The van der Waals surface area contributed by atoms with Gasteiger partial charge in [0.25, 0.3) is 0 Å². The Labute approximate surface area is 80.3 Å². The van der Waals surface area contributed by atoms with Gasteiger partial charge in [-0.25, -0.2) is 0 Å². The number of rotatable bonds is 6. The lowest BCUT2D eigenvalue weighted by atomic mass is 10.1. The molecule has 0 bridgehead atoms. The van der Waals surface area contributed by atoms with Gasteiger partial charge in [-0.05, 0) is 19.8 Å².